The van der Waals surface area contributed by atoms with Gasteiger partial charge in [-0.1, -0.05) is 23.7 Å². The molecule has 0 aliphatic carbocycles. The first-order chi connectivity index (χ1) is 14.4. The number of rotatable bonds is 1. The standard InChI is InChI=1S/C21H20ClN3O3S2/c22-15-7-8-18-17(12-15)25(10-11-29-18)21(26)14-4-3-9-24(13-14)20-16-5-1-2-6-19(16)30(27,28)23-20/h1-2,5-8,12,14H,3-4,9-11,13H2. The summed E-state index contributed by atoms with van der Waals surface area (Å²) in [5.74, 6) is 1.15. The Morgan fingerprint density at radius 1 is 1.17 bits per heavy atom. The minimum atomic E-state index is -3.67. The lowest BCUT2D eigenvalue weighted by atomic mass is 9.95. The molecular formula is C21H20ClN3O3S2. The van der Waals surface area contributed by atoms with Gasteiger partial charge >= 0.3 is 0 Å². The number of nitrogens with zero attached hydrogens (tertiary/aromatic N) is 3. The molecule has 0 spiro atoms. The van der Waals surface area contributed by atoms with Gasteiger partial charge in [-0.15, -0.1) is 16.2 Å². The molecule has 0 radical (unpaired) electrons. The van der Waals surface area contributed by atoms with Gasteiger partial charge in [-0.2, -0.15) is 8.42 Å². The van der Waals surface area contributed by atoms with Gasteiger partial charge in [0.15, 0.2) is 5.84 Å². The minimum Gasteiger partial charge on any atom is -0.355 e. The van der Waals surface area contributed by atoms with Crippen LogP contribution in [0.2, 0.25) is 5.02 Å². The van der Waals surface area contributed by atoms with Crippen molar-refractivity contribution in [2.45, 2.75) is 22.6 Å². The lowest BCUT2D eigenvalue weighted by Crippen LogP contribution is -2.48. The van der Waals surface area contributed by atoms with Gasteiger partial charge in [-0.05, 0) is 43.2 Å². The second-order valence-electron chi connectivity index (χ2n) is 7.62. The molecule has 3 aliphatic heterocycles. The van der Waals surface area contributed by atoms with Crippen LogP contribution in [0.25, 0.3) is 0 Å². The first-order valence-electron chi connectivity index (χ1n) is 9.87. The van der Waals surface area contributed by atoms with Crippen LogP contribution in [-0.2, 0) is 14.8 Å². The van der Waals surface area contributed by atoms with Gasteiger partial charge in [-0.25, -0.2) is 0 Å². The normalized spacial score (nSPS) is 22.3. The number of carbonyl (C=O) groups excluding carboxylic acids is 1. The van der Waals surface area contributed by atoms with Gasteiger partial charge < -0.3 is 9.80 Å². The summed E-state index contributed by atoms with van der Waals surface area (Å²) < 4.78 is 28.9. The van der Waals surface area contributed by atoms with Crippen molar-refractivity contribution < 1.29 is 13.2 Å². The van der Waals surface area contributed by atoms with E-state index in [9.17, 15) is 13.2 Å². The molecule has 0 N–H and O–H groups in total. The molecular weight excluding hydrogens is 442 g/mol. The molecule has 2 aromatic rings. The number of hydrogen-bond donors (Lipinski definition) is 0. The topological polar surface area (TPSA) is 70.0 Å². The number of halogens is 1. The second-order valence-corrected chi connectivity index (χ2v) is 10.8. The third-order valence-electron chi connectivity index (χ3n) is 5.73. The van der Waals surface area contributed by atoms with Crippen LogP contribution in [0.1, 0.15) is 18.4 Å². The van der Waals surface area contributed by atoms with E-state index in [1.807, 2.05) is 34.1 Å². The Kier molecular flexibility index (Phi) is 5.03. The van der Waals surface area contributed by atoms with Crippen LogP contribution in [-0.4, -0.2) is 50.4 Å². The third-order valence-corrected chi connectivity index (χ3v) is 8.34. The van der Waals surface area contributed by atoms with E-state index in [1.165, 1.54) is 0 Å². The highest BCUT2D eigenvalue weighted by molar-refractivity contribution is 7.99. The van der Waals surface area contributed by atoms with E-state index in [4.69, 9.17) is 11.6 Å². The summed E-state index contributed by atoms with van der Waals surface area (Å²) in [6.45, 7) is 1.79. The van der Waals surface area contributed by atoms with E-state index in [0.29, 0.717) is 36.1 Å². The van der Waals surface area contributed by atoms with Crippen LogP contribution < -0.4 is 4.90 Å². The summed E-state index contributed by atoms with van der Waals surface area (Å²) in [5, 5.41) is 0.612. The molecule has 0 bridgehead atoms. The molecule has 9 heteroatoms. The summed E-state index contributed by atoms with van der Waals surface area (Å²) in [7, 11) is -3.67. The van der Waals surface area contributed by atoms with Crippen molar-refractivity contribution in [3.63, 3.8) is 0 Å². The fraction of sp³-hybridized carbons (Fsp3) is 0.333. The summed E-state index contributed by atoms with van der Waals surface area (Å²) >= 11 is 7.92. The molecule has 0 saturated carbocycles. The zero-order chi connectivity index (χ0) is 20.9. The molecule has 2 aromatic carbocycles. The number of hydrogen-bond acceptors (Lipinski definition) is 5. The van der Waals surface area contributed by atoms with Crippen molar-refractivity contribution in [1.82, 2.24) is 4.90 Å². The van der Waals surface area contributed by atoms with Crippen molar-refractivity contribution >= 4 is 50.8 Å². The number of likely N-dealkylation sites (tertiary alicyclic amines) is 1. The Morgan fingerprint density at radius 3 is 2.87 bits per heavy atom. The van der Waals surface area contributed by atoms with Gasteiger partial charge in [0.2, 0.25) is 5.91 Å². The monoisotopic (exact) mass is 461 g/mol. The largest absolute Gasteiger partial charge is 0.355 e. The summed E-state index contributed by atoms with van der Waals surface area (Å²) in [5.41, 5.74) is 1.49. The molecule has 3 aliphatic rings. The fourth-order valence-electron chi connectivity index (χ4n) is 4.33. The molecule has 5 rings (SSSR count). The fourth-order valence-corrected chi connectivity index (χ4v) is 6.70. The van der Waals surface area contributed by atoms with Crippen LogP contribution >= 0.6 is 23.4 Å². The Hall–Kier alpha value is -2.03. The maximum Gasteiger partial charge on any atom is 0.285 e. The lowest BCUT2D eigenvalue weighted by Gasteiger charge is -2.37. The third kappa shape index (κ3) is 3.40. The molecule has 3 heterocycles. The molecule has 1 saturated heterocycles. The Bertz CT molecular complexity index is 1170. The maximum atomic E-state index is 13.4. The molecule has 0 aromatic heterocycles. The predicted molar refractivity (Wildman–Crippen MR) is 119 cm³/mol. The molecule has 156 valence electrons. The summed E-state index contributed by atoms with van der Waals surface area (Å²) in [6, 6.07) is 12.5. The Labute approximate surface area is 185 Å². The molecule has 1 fully saturated rings. The molecule has 1 atom stereocenters. The highest BCUT2D eigenvalue weighted by Crippen LogP contribution is 2.38. The number of anilines is 1. The molecule has 30 heavy (non-hydrogen) atoms. The maximum absolute atomic E-state index is 13.4. The summed E-state index contributed by atoms with van der Waals surface area (Å²) in [4.78, 5) is 18.5. The average Bonchev–Trinajstić information content (AvgIpc) is 3.04. The number of amidine groups is 1. The van der Waals surface area contributed by atoms with E-state index in [-0.39, 0.29) is 16.7 Å². The van der Waals surface area contributed by atoms with Crippen molar-refractivity contribution in [2.24, 2.45) is 10.3 Å². The number of sulfonamides is 1. The smallest absolute Gasteiger partial charge is 0.285 e. The Balaban J connectivity index is 1.41. The number of benzene rings is 2. The van der Waals surface area contributed by atoms with Crippen LogP contribution in [0.4, 0.5) is 5.69 Å². The van der Waals surface area contributed by atoms with Gasteiger partial charge in [-0.3, -0.25) is 4.79 Å². The van der Waals surface area contributed by atoms with Gasteiger partial charge in [0, 0.05) is 40.9 Å². The summed E-state index contributed by atoms with van der Waals surface area (Å²) in [6.07, 6.45) is 1.58. The van der Waals surface area contributed by atoms with Crippen molar-refractivity contribution in [3.05, 3.63) is 53.1 Å². The zero-order valence-electron chi connectivity index (χ0n) is 16.1. The first-order valence-corrected chi connectivity index (χ1v) is 12.7. The number of fused-ring (bicyclic) bond motifs is 2. The zero-order valence-corrected chi connectivity index (χ0v) is 18.5. The number of carbonyl (C=O) groups is 1. The SMILES string of the molecule is O=C(C1CCCN(C2=NS(=O)(=O)c3ccccc32)C1)N1CCSc2ccc(Cl)cc21. The van der Waals surface area contributed by atoms with Gasteiger partial charge in [0.1, 0.15) is 4.90 Å². The van der Waals surface area contributed by atoms with E-state index < -0.39 is 10.0 Å². The van der Waals surface area contributed by atoms with Crippen molar-refractivity contribution in [3.8, 4) is 0 Å². The van der Waals surface area contributed by atoms with Gasteiger partial charge in [0.05, 0.1) is 11.6 Å². The van der Waals surface area contributed by atoms with Crippen LogP contribution in [0.3, 0.4) is 0 Å². The minimum absolute atomic E-state index is 0.0678. The van der Waals surface area contributed by atoms with Gasteiger partial charge in [0.25, 0.3) is 10.0 Å². The van der Waals surface area contributed by atoms with Crippen LogP contribution in [0.15, 0.2) is 56.7 Å². The molecule has 1 amide bonds. The van der Waals surface area contributed by atoms with Crippen LogP contribution in [0, 0.1) is 5.92 Å². The quantitative estimate of drug-likeness (QED) is 0.648. The lowest BCUT2D eigenvalue weighted by molar-refractivity contribution is -0.123. The van der Waals surface area contributed by atoms with Crippen molar-refractivity contribution in [1.29, 1.82) is 0 Å². The van der Waals surface area contributed by atoms with E-state index >= 15 is 0 Å². The number of amides is 1. The van der Waals surface area contributed by atoms with Crippen LogP contribution in [0.5, 0.6) is 0 Å². The first kappa shape index (κ1) is 19.9. The highest BCUT2D eigenvalue weighted by atomic mass is 35.5. The van der Waals surface area contributed by atoms with E-state index in [2.05, 4.69) is 4.40 Å². The average molecular weight is 462 g/mol. The number of piperidine rings is 1. The Morgan fingerprint density at radius 2 is 2.00 bits per heavy atom. The number of thioether (sulfide) groups is 1. The van der Waals surface area contributed by atoms with Crippen molar-refractivity contribution in [2.75, 3.05) is 30.3 Å². The predicted octanol–water partition coefficient (Wildman–Crippen LogP) is 3.64. The van der Waals surface area contributed by atoms with E-state index in [0.717, 1.165) is 29.2 Å². The molecule has 1 unspecified atom stereocenters. The highest BCUT2D eigenvalue weighted by Gasteiger charge is 2.37. The second kappa shape index (κ2) is 7.59. The molecule has 6 nitrogen and oxygen atoms in total. The van der Waals surface area contributed by atoms with E-state index in [1.54, 1.807) is 30.0 Å².